The van der Waals surface area contributed by atoms with Gasteiger partial charge in [0.2, 0.25) is 0 Å². The zero-order valence-corrected chi connectivity index (χ0v) is 18.5. The van der Waals surface area contributed by atoms with Crippen molar-refractivity contribution in [3.05, 3.63) is 112 Å². The van der Waals surface area contributed by atoms with Crippen molar-refractivity contribution in [2.45, 2.75) is 23.9 Å². The first-order valence-corrected chi connectivity index (χ1v) is 12.1. The van der Waals surface area contributed by atoms with Crippen LogP contribution in [0.25, 0.3) is 10.5 Å². The molecule has 0 fully saturated rings. The van der Waals surface area contributed by atoms with Crippen LogP contribution in [0.3, 0.4) is 0 Å². The Hall–Kier alpha value is -1.56. The van der Waals surface area contributed by atoms with Crippen LogP contribution in [0.2, 0.25) is 0 Å². The second-order valence-corrected chi connectivity index (χ2v) is 7.77. The molecule has 0 aliphatic rings. The van der Waals surface area contributed by atoms with E-state index >= 15 is 0 Å². The average molecular weight is 501 g/mol. The Labute approximate surface area is 180 Å². The van der Waals surface area contributed by atoms with E-state index in [2.05, 4.69) is 14.4 Å². The molecule has 2 atom stereocenters. The van der Waals surface area contributed by atoms with Gasteiger partial charge in [0, 0.05) is 4.90 Å². The van der Waals surface area contributed by atoms with Crippen LogP contribution < -0.4 is 0 Å². The molecule has 3 aromatic carbocycles. The van der Waals surface area contributed by atoms with Crippen LogP contribution in [-0.2, 0) is 27.3 Å². The van der Waals surface area contributed by atoms with Crippen LogP contribution in [0.15, 0.2) is 89.8 Å². The van der Waals surface area contributed by atoms with E-state index in [1.807, 2.05) is 84.9 Å². The van der Waals surface area contributed by atoms with Crippen LogP contribution in [0, 0.1) is 6.92 Å². The van der Waals surface area contributed by atoms with Crippen molar-refractivity contribution < 1.29 is 25.7 Å². The number of nitrogens with one attached hydrogen (secondary N) is 1. The number of halogens is 1. The van der Waals surface area contributed by atoms with E-state index in [0.29, 0.717) is 5.56 Å². The molecule has 0 aromatic heterocycles. The predicted octanol–water partition coefficient (Wildman–Crippen LogP) is 6.28. The molecular weight excluding hydrogens is 481 g/mol. The Morgan fingerprint density at radius 2 is 1.29 bits per heavy atom. The number of sulfonamides is 1. The van der Waals surface area contributed by atoms with Gasteiger partial charge in [0.15, 0.2) is 0 Å². The van der Waals surface area contributed by atoms with Gasteiger partial charge in [-0.15, -0.1) is 12.1 Å². The summed E-state index contributed by atoms with van der Waals surface area (Å²) in [6.07, 6.45) is 0. The summed E-state index contributed by atoms with van der Waals surface area (Å²) < 4.78 is 29.8. The molecule has 4 nitrogen and oxygen atoms in total. The third kappa shape index (κ3) is 5.97. The molecule has 0 aliphatic carbocycles. The van der Waals surface area contributed by atoms with Crippen molar-refractivity contribution in [3.8, 4) is 0 Å². The molecular formula is C21H20ClN2O2RuS. The van der Waals surface area contributed by atoms with Crippen LogP contribution >= 0.6 is 9.69 Å². The van der Waals surface area contributed by atoms with E-state index in [9.17, 15) is 8.42 Å². The topological polar surface area (TPSA) is 72.0 Å². The first-order chi connectivity index (χ1) is 13.5. The van der Waals surface area contributed by atoms with E-state index in [-0.39, 0.29) is 4.90 Å². The molecule has 0 unspecified atom stereocenters. The molecule has 147 valence electrons. The fourth-order valence-electron chi connectivity index (χ4n) is 2.73. The number of hydrogen-bond acceptors (Lipinski definition) is 2. The van der Waals surface area contributed by atoms with E-state index in [0.717, 1.165) is 11.1 Å². The van der Waals surface area contributed by atoms with Crippen LogP contribution in [-0.4, -0.2) is 8.42 Å². The zero-order valence-electron chi connectivity index (χ0n) is 15.1. The molecule has 0 radical (unpaired) electrons. The Bertz CT molecular complexity index is 953. The Kier molecular flexibility index (Phi) is 8.80. The fourth-order valence-corrected chi connectivity index (χ4v) is 3.87. The summed E-state index contributed by atoms with van der Waals surface area (Å²) in [6.45, 7) is 1.90. The van der Waals surface area contributed by atoms with Gasteiger partial charge < -0.3 is 10.5 Å². The molecule has 0 spiro atoms. The molecule has 0 saturated heterocycles. The van der Waals surface area contributed by atoms with Gasteiger partial charge >= 0.3 is 27.0 Å². The van der Waals surface area contributed by atoms with Gasteiger partial charge in [-0.2, -0.15) is 0 Å². The van der Waals surface area contributed by atoms with Crippen LogP contribution in [0.1, 0.15) is 28.8 Å². The summed E-state index contributed by atoms with van der Waals surface area (Å²) in [5.41, 5.74) is 11.0. The van der Waals surface area contributed by atoms with Crippen molar-refractivity contribution in [2.75, 3.05) is 0 Å². The minimum absolute atomic E-state index is 0.143. The Morgan fingerprint density at radius 3 is 1.79 bits per heavy atom. The number of aryl methyl sites for hydroxylation is 1. The Balaban J connectivity index is 0.00000136. The third-order valence-corrected chi connectivity index (χ3v) is 5.56. The second-order valence-electron chi connectivity index (χ2n) is 6.14. The summed E-state index contributed by atoms with van der Waals surface area (Å²) in [4.78, 5) is 0.143. The van der Waals surface area contributed by atoms with Gasteiger partial charge in [-0.25, -0.2) is 8.42 Å². The number of rotatable bonds is 6. The molecule has 0 heterocycles. The maximum atomic E-state index is 12.8. The van der Waals surface area contributed by atoms with Gasteiger partial charge in [0.05, 0.1) is 0 Å². The molecule has 0 amide bonds. The van der Waals surface area contributed by atoms with Crippen LogP contribution in [0.4, 0.5) is 0 Å². The van der Waals surface area contributed by atoms with E-state index < -0.39 is 22.1 Å². The van der Waals surface area contributed by atoms with Crippen molar-refractivity contribution in [3.63, 3.8) is 0 Å². The molecule has 0 aliphatic heterocycles. The maximum absolute atomic E-state index is 12.8. The molecule has 3 aromatic rings. The fraction of sp³-hybridized carbons (Fsp3) is 0.143. The second kappa shape index (κ2) is 10.8. The quantitative estimate of drug-likeness (QED) is 0.374. The van der Waals surface area contributed by atoms with Crippen LogP contribution in [0.5, 0.6) is 0 Å². The predicted molar refractivity (Wildman–Crippen MR) is 110 cm³/mol. The normalized spacial score (nSPS) is 13.1. The standard InChI is InChI=1S/C21H20N2O2S.ClH.Ru/c1-16-12-14-19(15-13-16)26(24,25)23-21(18-10-6-3-7-11-18)20(22)17-8-4-2-5-9-17;;/h2-15,20-22H,1H3;1H;/q-2;;+3/p-1/t20-,21-;;/m0../s1. The van der Waals surface area contributed by atoms with Gasteiger partial charge in [-0.1, -0.05) is 89.5 Å². The number of benzene rings is 3. The van der Waals surface area contributed by atoms with Gasteiger partial charge in [0.25, 0.3) is 0 Å². The average Bonchev–Trinajstić information content (AvgIpc) is 2.74. The molecule has 7 heteroatoms. The SMILES string of the molecule is Cc1ccc(S(=O)(=O)[N-][C@@H](c2ccccc2)[C@@H]([NH-])c2ccccc2)cc1.[Cl][Ru+2]. The molecule has 0 bridgehead atoms. The van der Waals surface area contributed by atoms with Crippen molar-refractivity contribution in [1.82, 2.24) is 0 Å². The first-order valence-electron chi connectivity index (χ1n) is 8.45. The van der Waals surface area contributed by atoms with E-state index in [4.69, 9.17) is 5.73 Å². The summed E-state index contributed by atoms with van der Waals surface area (Å²) >= 11 is 1.82. The summed E-state index contributed by atoms with van der Waals surface area (Å²) in [5.74, 6) is 0. The zero-order chi connectivity index (χ0) is 20.6. The van der Waals surface area contributed by atoms with Crippen molar-refractivity contribution >= 4 is 19.7 Å². The molecule has 0 saturated carbocycles. The van der Waals surface area contributed by atoms with Gasteiger partial charge in [-0.05, 0) is 19.1 Å². The molecule has 28 heavy (non-hydrogen) atoms. The van der Waals surface area contributed by atoms with E-state index in [1.54, 1.807) is 24.3 Å². The summed E-state index contributed by atoms with van der Waals surface area (Å²) in [5, 5.41) is 0. The summed E-state index contributed by atoms with van der Waals surface area (Å²) in [7, 11) is 0.696. The number of hydrogen-bond donors (Lipinski definition) is 0. The van der Waals surface area contributed by atoms with E-state index in [1.165, 1.54) is 0 Å². The van der Waals surface area contributed by atoms with Gasteiger partial charge in [-0.3, -0.25) is 0 Å². The third-order valence-electron chi connectivity index (χ3n) is 4.19. The minimum atomic E-state index is -3.87. The van der Waals surface area contributed by atoms with Crippen molar-refractivity contribution in [1.29, 1.82) is 0 Å². The van der Waals surface area contributed by atoms with Gasteiger partial charge in [0.1, 0.15) is 10.0 Å². The first kappa shape index (κ1) is 22.7. The monoisotopic (exact) mass is 501 g/mol. The Morgan fingerprint density at radius 1 is 0.821 bits per heavy atom. The summed E-state index contributed by atoms with van der Waals surface area (Å²) in [6, 6.07) is 23.3. The van der Waals surface area contributed by atoms with Crippen molar-refractivity contribution in [2.24, 2.45) is 0 Å². The number of nitrogens with zero attached hydrogens (tertiary/aromatic N) is 1. The molecule has 3 rings (SSSR count). The molecule has 1 N–H and O–H groups in total.